The van der Waals surface area contributed by atoms with E-state index in [-0.39, 0.29) is 18.1 Å². The Balaban J connectivity index is 1.43. The van der Waals surface area contributed by atoms with E-state index in [0.29, 0.717) is 34.4 Å². The Hall–Kier alpha value is -3.75. The zero-order valence-corrected chi connectivity index (χ0v) is 22.6. The van der Waals surface area contributed by atoms with Crippen LogP contribution in [0.4, 0.5) is 10.5 Å². The minimum Gasteiger partial charge on any atom is -0.490 e. The summed E-state index contributed by atoms with van der Waals surface area (Å²) in [4.78, 5) is 39.1. The highest BCUT2D eigenvalue weighted by atomic mass is 35.5. The van der Waals surface area contributed by atoms with Gasteiger partial charge >= 0.3 is 0 Å². The number of anilines is 1. The predicted molar refractivity (Wildman–Crippen MR) is 151 cm³/mol. The molecule has 3 aromatic carbocycles. The highest BCUT2D eigenvalue weighted by molar-refractivity contribution is 8.18. The predicted octanol–water partition coefficient (Wildman–Crippen LogP) is 6.56. The maximum absolute atomic E-state index is 12.9. The summed E-state index contributed by atoms with van der Waals surface area (Å²) in [6.45, 7) is 4.22. The number of imide groups is 1. The highest BCUT2D eigenvalue weighted by Gasteiger charge is 2.36. The molecule has 1 heterocycles. The van der Waals surface area contributed by atoms with Gasteiger partial charge in [-0.15, -0.1) is 0 Å². The largest absolute Gasteiger partial charge is 0.490 e. The van der Waals surface area contributed by atoms with Crippen LogP contribution in [-0.2, 0) is 22.6 Å². The number of halogens is 1. The number of nitrogens with zero attached hydrogens (tertiary/aromatic N) is 1. The van der Waals surface area contributed by atoms with Crippen LogP contribution >= 0.6 is 23.4 Å². The number of nitrogens with one attached hydrogen (secondary N) is 1. The van der Waals surface area contributed by atoms with Crippen molar-refractivity contribution in [1.82, 2.24) is 4.90 Å². The Kier molecular flexibility index (Phi) is 9.10. The van der Waals surface area contributed by atoms with Crippen LogP contribution in [0, 0.1) is 0 Å². The van der Waals surface area contributed by atoms with Crippen LogP contribution in [0.2, 0.25) is 5.02 Å². The second kappa shape index (κ2) is 12.7. The molecule has 0 atom stereocenters. The van der Waals surface area contributed by atoms with Gasteiger partial charge in [0.2, 0.25) is 5.91 Å². The van der Waals surface area contributed by atoms with Gasteiger partial charge in [-0.25, -0.2) is 0 Å². The van der Waals surface area contributed by atoms with E-state index in [0.717, 1.165) is 34.2 Å². The topological polar surface area (TPSA) is 84.9 Å². The van der Waals surface area contributed by atoms with E-state index in [2.05, 4.69) is 5.32 Å². The molecule has 1 saturated heterocycles. The molecule has 38 heavy (non-hydrogen) atoms. The summed E-state index contributed by atoms with van der Waals surface area (Å²) in [5.74, 6) is 0.0617. The minimum absolute atomic E-state index is 0.224. The van der Waals surface area contributed by atoms with Crippen LogP contribution in [-0.4, -0.2) is 35.1 Å². The van der Waals surface area contributed by atoms with Crippen molar-refractivity contribution in [2.45, 2.75) is 26.9 Å². The van der Waals surface area contributed by atoms with Gasteiger partial charge in [0.25, 0.3) is 11.1 Å². The molecule has 0 spiro atoms. The number of aryl methyl sites for hydroxylation is 1. The number of benzene rings is 3. The first kappa shape index (κ1) is 27.3. The molecule has 0 bridgehead atoms. The molecule has 3 aromatic rings. The summed E-state index contributed by atoms with van der Waals surface area (Å²) in [7, 11) is 0. The third-order valence-corrected chi connectivity index (χ3v) is 7.00. The third-order valence-electron chi connectivity index (χ3n) is 5.73. The van der Waals surface area contributed by atoms with Crippen LogP contribution in [0.1, 0.15) is 30.5 Å². The molecule has 0 aliphatic carbocycles. The van der Waals surface area contributed by atoms with Crippen molar-refractivity contribution in [3.63, 3.8) is 0 Å². The second-order valence-corrected chi connectivity index (χ2v) is 9.79. The Bertz CT molecular complexity index is 1370. The molecule has 4 rings (SSSR count). The van der Waals surface area contributed by atoms with Gasteiger partial charge in [0, 0.05) is 16.3 Å². The first-order chi connectivity index (χ1) is 18.4. The van der Waals surface area contributed by atoms with Gasteiger partial charge in [-0.2, -0.15) is 0 Å². The fraction of sp³-hybridized carbons (Fsp3) is 0.207. The molecule has 1 N–H and O–H groups in total. The standard InChI is InChI=1S/C29H27ClN2O5S/c1-3-19-9-12-22(13-10-19)31-27(33)17-32-28(34)26(38-29(32)35)16-20-11-14-24(25(15-20)36-4-2)37-18-21-7-5-6-8-23(21)30/h5-16H,3-4,17-18H2,1-2H3,(H,31,33)/b26-16+. The van der Waals surface area contributed by atoms with E-state index < -0.39 is 17.1 Å². The molecule has 1 fully saturated rings. The molecule has 0 radical (unpaired) electrons. The van der Waals surface area contributed by atoms with Gasteiger partial charge in [-0.1, -0.05) is 54.9 Å². The number of hydrogen-bond acceptors (Lipinski definition) is 6. The van der Waals surface area contributed by atoms with Crippen LogP contribution in [0.15, 0.2) is 71.6 Å². The molecule has 3 amide bonds. The molecule has 0 aromatic heterocycles. The number of carbonyl (C=O) groups is 3. The van der Waals surface area contributed by atoms with Crippen molar-refractivity contribution in [1.29, 1.82) is 0 Å². The maximum Gasteiger partial charge on any atom is 0.294 e. The molecule has 1 aliphatic heterocycles. The van der Waals surface area contributed by atoms with Crippen molar-refractivity contribution in [2.75, 3.05) is 18.5 Å². The maximum atomic E-state index is 12.9. The van der Waals surface area contributed by atoms with Gasteiger partial charge in [-0.05, 0) is 72.6 Å². The van der Waals surface area contributed by atoms with E-state index >= 15 is 0 Å². The van der Waals surface area contributed by atoms with Crippen molar-refractivity contribution in [3.8, 4) is 11.5 Å². The van der Waals surface area contributed by atoms with Crippen LogP contribution in [0.3, 0.4) is 0 Å². The molecule has 1 aliphatic rings. The third kappa shape index (κ3) is 6.76. The summed E-state index contributed by atoms with van der Waals surface area (Å²) in [5, 5.41) is 2.84. The Morgan fingerprint density at radius 2 is 1.76 bits per heavy atom. The average Bonchev–Trinajstić information content (AvgIpc) is 3.17. The lowest BCUT2D eigenvalue weighted by molar-refractivity contribution is -0.127. The lowest BCUT2D eigenvalue weighted by Crippen LogP contribution is -2.36. The number of amides is 3. The highest BCUT2D eigenvalue weighted by Crippen LogP contribution is 2.35. The van der Waals surface area contributed by atoms with Crippen molar-refractivity contribution in [3.05, 3.63) is 93.3 Å². The molecule has 7 nitrogen and oxygen atoms in total. The summed E-state index contributed by atoms with van der Waals surface area (Å²) in [6, 6.07) is 20.1. The Morgan fingerprint density at radius 3 is 2.47 bits per heavy atom. The van der Waals surface area contributed by atoms with E-state index in [1.54, 1.807) is 42.5 Å². The number of hydrogen-bond donors (Lipinski definition) is 1. The van der Waals surface area contributed by atoms with Crippen LogP contribution in [0.25, 0.3) is 6.08 Å². The summed E-state index contributed by atoms with van der Waals surface area (Å²) in [6.07, 6.45) is 2.49. The van der Waals surface area contributed by atoms with E-state index in [1.165, 1.54) is 0 Å². The van der Waals surface area contributed by atoms with Gasteiger partial charge in [0.1, 0.15) is 13.2 Å². The number of ether oxygens (including phenoxy) is 2. The molecular weight excluding hydrogens is 524 g/mol. The van der Waals surface area contributed by atoms with E-state index in [4.69, 9.17) is 21.1 Å². The Morgan fingerprint density at radius 1 is 1.00 bits per heavy atom. The smallest absolute Gasteiger partial charge is 0.294 e. The number of carbonyl (C=O) groups excluding carboxylic acids is 3. The summed E-state index contributed by atoms with van der Waals surface area (Å²) >= 11 is 7.02. The number of rotatable bonds is 10. The summed E-state index contributed by atoms with van der Waals surface area (Å²) < 4.78 is 11.7. The molecule has 196 valence electrons. The van der Waals surface area contributed by atoms with Gasteiger partial charge in [0.05, 0.1) is 11.5 Å². The van der Waals surface area contributed by atoms with Gasteiger partial charge < -0.3 is 14.8 Å². The van der Waals surface area contributed by atoms with Crippen molar-refractivity contribution < 1.29 is 23.9 Å². The summed E-state index contributed by atoms with van der Waals surface area (Å²) in [5.41, 5.74) is 3.25. The fourth-order valence-corrected chi connectivity index (χ4v) is 4.76. The number of thioether (sulfide) groups is 1. The lowest BCUT2D eigenvalue weighted by atomic mass is 10.1. The van der Waals surface area contributed by atoms with Gasteiger partial charge in [0.15, 0.2) is 11.5 Å². The van der Waals surface area contributed by atoms with E-state index in [9.17, 15) is 14.4 Å². The SMILES string of the molecule is CCOc1cc(/C=C2/SC(=O)N(CC(=O)Nc3ccc(CC)cc3)C2=O)ccc1OCc1ccccc1Cl. The van der Waals surface area contributed by atoms with Crippen molar-refractivity contribution in [2.24, 2.45) is 0 Å². The molecular formula is C29H27ClN2O5S. The average molecular weight is 551 g/mol. The fourth-order valence-electron chi connectivity index (χ4n) is 3.73. The quantitative estimate of drug-likeness (QED) is 0.288. The lowest BCUT2D eigenvalue weighted by Gasteiger charge is -2.13. The molecule has 0 unspecified atom stereocenters. The zero-order valence-electron chi connectivity index (χ0n) is 21.0. The van der Waals surface area contributed by atoms with Crippen LogP contribution < -0.4 is 14.8 Å². The first-order valence-electron chi connectivity index (χ1n) is 12.1. The van der Waals surface area contributed by atoms with Crippen molar-refractivity contribution >= 4 is 52.2 Å². The van der Waals surface area contributed by atoms with E-state index in [1.807, 2.05) is 44.2 Å². The van der Waals surface area contributed by atoms with Gasteiger partial charge in [-0.3, -0.25) is 19.3 Å². The normalized spacial score (nSPS) is 14.2. The molecule has 9 heteroatoms. The monoisotopic (exact) mass is 550 g/mol. The first-order valence-corrected chi connectivity index (χ1v) is 13.3. The Labute approximate surface area is 230 Å². The van der Waals surface area contributed by atoms with Crippen LogP contribution in [0.5, 0.6) is 11.5 Å². The second-order valence-electron chi connectivity index (χ2n) is 8.39. The minimum atomic E-state index is -0.520. The zero-order chi connectivity index (χ0) is 27.1. The molecule has 0 saturated carbocycles.